The molecule has 0 aliphatic heterocycles. The van der Waals surface area contributed by atoms with E-state index in [1.54, 1.807) is 5.51 Å². The maximum absolute atomic E-state index is 12.2. The van der Waals surface area contributed by atoms with E-state index < -0.39 is 0 Å². The zero-order valence-corrected chi connectivity index (χ0v) is 16.4. The van der Waals surface area contributed by atoms with Crippen molar-refractivity contribution in [2.75, 3.05) is 18.1 Å². The Bertz CT molecular complexity index is 870. The van der Waals surface area contributed by atoms with Gasteiger partial charge in [-0.2, -0.15) is 0 Å². The summed E-state index contributed by atoms with van der Waals surface area (Å²) in [7, 11) is 1.98. The lowest BCUT2D eigenvalue weighted by Gasteiger charge is -2.21. The van der Waals surface area contributed by atoms with Crippen LogP contribution in [0.5, 0.6) is 0 Å². The number of aliphatic imine (C=N–C) groups is 1. The SMILES string of the molecule is CN(Cc1ccccc1)C(=Nc1ccccc1)SCC(=O)Nc1nncs1. The van der Waals surface area contributed by atoms with Crippen LogP contribution in [-0.2, 0) is 11.3 Å². The molecule has 0 bridgehead atoms. The van der Waals surface area contributed by atoms with Crippen molar-refractivity contribution in [1.82, 2.24) is 15.1 Å². The first-order valence-electron chi connectivity index (χ1n) is 8.28. The third-order valence-corrected chi connectivity index (χ3v) is 5.18. The van der Waals surface area contributed by atoms with Crippen LogP contribution in [0.25, 0.3) is 0 Å². The zero-order valence-electron chi connectivity index (χ0n) is 14.8. The topological polar surface area (TPSA) is 70.5 Å². The highest BCUT2D eigenvalue weighted by Gasteiger charge is 2.13. The van der Waals surface area contributed by atoms with Gasteiger partial charge in [0.15, 0.2) is 5.17 Å². The number of anilines is 1. The van der Waals surface area contributed by atoms with Gasteiger partial charge >= 0.3 is 0 Å². The Labute approximate surface area is 166 Å². The predicted octanol–water partition coefficient (Wildman–Crippen LogP) is 4.03. The average Bonchev–Trinajstić information content (AvgIpc) is 3.19. The van der Waals surface area contributed by atoms with E-state index in [4.69, 9.17) is 4.99 Å². The number of nitrogens with one attached hydrogen (secondary N) is 1. The molecule has 0 unspecified atom stereocenters. The molecule has 2 aromatic carbocycles. The Balaban J connectivity index is 1.69. The van der Waals surface area contributed by atoms with Crippen LogP contribution in [0.4, 0.5) is 10.8 Å². The van der Waals surface area contributed by atoms with Crippen molar-refractivity contribution in [2.24, 2.45) is 4.99 Å². The Morgan fingerprint density at radius 2 is 1.85 bits per heavy atom. The molecule has 138 valence electrons. The molecule has 1 N–H and O–H groups in total. The summed E-state index contributed by atoms with van der Waals surface area (Å²) in [5.41, 5.74) is 3.61. The summed E-state index contributed by atoms with van der Waals surface area (Å²) in [6.07, 6.45) is 0. The summed E-state index contributed by atoms with van der Waals surface area (Å²) >= 11 is 2.69. The monoisotopic (exact) mass is 397 g/mol. The van der Waals surface area contributed by atoms with Gasteiger partial charge in [0.1, 0.15) is 5.51 Å². The van der Waals surface area contributed by atoms with Gasteiger partial charge in [0.2, 0.25) is 11.0 Å². The summed E-state index contributed by atoms with van der Waals surface area (Å²) in [4.78, 5) is 19.0. The molecule has 1 amide bonds. The van der Waals surface area contributed by atoms with Crippen LogP contribution in [0.1, 0.15) is 5.56 Å². The molecular weight excluding hydrogens is 378 g/mol. The average molecular weight is 398 g/mol. The number of para-hydroxylation sites is 1. The van der Waals surface area contributed by atoms with E-state index in [2.05, 4.69) is 27.6 Å². The smallest absolute Gasteiger partial charge is 0.236 e. The molecule has 6 nitrogen and oxygen atoms in total. The molecule has 0 aliphatic carbocycles. The first-order chi connectivity index (χ1) is 13.2. The van der Waals surface area contributed by atoms with Gasteiger partial charge in [-0.05, 0) is 17.7 Å². The number of thioether (sulfide) groups is 1. The summed E-state index contributed by atoms with van der Waals surface area (Å²) in [6.45, 7) is 0.706. The second-order valence-corrected chi connectivity index (χ2v) is 7.43. The summed E-state index contributed by atoms with van der Waals surface area (Å²) < 4.78 is 0. The maximum Gasteiger partial charge on any atom is 0.236 e. The highest BCUT2D eigenvalue weighted by molar-refractivity contribution is 8.14. The Morgan fingerprint density at radius 3 is 2.52 bits per heavy atom. The van der Waals surface area contributed by atoms with Gasteiger partial charge in [-0.25, -0.2) is 4.99 Å². The molecule has 0 saturated heterocycles. The van der Waals surface area contributed by atoms with Gasteiger partial charge in [0, 0.05) is 13.6 Å². The Hall–Kier alpha value is -2.71. The van der Waals surface area contributed by atoms with Crippen LogP contribution in [-0.4, -0.2) is 39.0 Å². The van der Waals surface area contributed by atoms with Gasteiger partial charge in [-0.15, -0.1) is 10.2 Å². The first-order valence-corrected chi connectivity index (χ1v) is 10.1. The fourth-order valence-electron chi connectivity index (χ4n) is 2.28. The first kappa shape index (κ1) is 19.1. The van der Waals surface area contributed by atoms with E-state index in [-0.39, 0.29) is 11.7 Å². The van der Waals surface area contributed by atoms with Gasteiger partial charge < -0.3 is 4.90 Å². The molecule has 0 aliphatic rings. The molecule has 3 aromatic rings. The Kier molecular flexibility index (Phi) is 6.95. The molecule has 0 spiro atoms. The number of nitrogens with zero attached hydrogens (tertiary/aromatic N) is 4. The van der Waals surface area contributed by atoms with Crippen molar-refractivity contribution < 1.29 is 4.79 Å². The van der Waals surface area contributed by atoms with Gasteiger partial charge in [-0.1, -0.05) is 71.6 Å². The fourth-order valence-corrected chi connectivity index (χ4v) is 3.53. The normalized spacial score (nSPS) is 11.2. The molecule has 3 rings (SSSR count). The standard InChI is InChI=1S/C19H19N5OS2/c1-24(12-15-8-4-2-5-9-15)19(21-16-10-6-3-7-11-16)26-13-17(25)22-18-23-20-14-27-18/h2-11,14H,12-13H2,1H3,(H,22,23,25). The van der Waals surface area contributed by atoms with Crippen LogP contribution >= 0.6 is 23.1 Å². The quantitative estimate of drug-likeness (QED) is 0.502. The molecule has 0 radical (unpaired) electrons. The summed E-state index contributed by atoms with van der Waals surface area (Å²) in [5.74, 6) is 0.107. The number of hydrogen-bond donors (Lipinski definition) is 1. The van der Waals surface area contributed by atoms with E-state index in [1.165, 1.54) is 28.7 Å². The predicted molar refractivity (Wildman–Crippen MR) is 112 cm³/mol. The highest BCUT2D eigenvalue weighted by atomic mass is 32.2. The van der Waals surface area contributed by atoms with Crippen molar-refractivity contribution in [2.45, 2.75) is 6.54 Å². The van der Waals surface area contributed by atoms with Crippen LogP contribution in [0, 0.1) is 0 Å². The van der Waals surface area contributed by atoms with Crippen LogP contribution in [0.2, 0.25) is 0 Å². The van der Waals surface area contributed by atoms with Gasteiger partial charge in [0.05, 0.1) is 11.4 Å². The van der Waals surface area contributed by atoms with E-state index >= 15 is 0 Å². The van der Waals surface area contributed by atoms with Crippen molar-refractivity contribution in [3.63, 3.8) is 0 Å². The molecule has 0 saturated carbocycles. The number of amidine groups is 1. The molecule has 0 atom stereocenters. The number of benzene rings is 2. The van der Waals surface area contributed by atoms with Crippen molar-refractivity contribution in [1.29, 1.82) is 0 Å². The van der Waals surface area contributed by atoms with Crippen LogP contribution in [0.3, 0.4) is 0 Å². The zero-order chi connectivity index (χ0) is 18.9. The van der Waals surface area contributed by atoms with Gasteiger partial charge in [-0.3, -0.25) is 10.1 Å². The van der Waals surface area contributed by atoms with E-state index in [0.717, 1.165) is 10.9 Å². The minimum Gasteiger partial charge on any atom is -0.350 e. The second-order valence-electron chi connectivity index (χ2n) is 5.65. The highest BCUT2D eigenvalue weighted by Crippen LogP contribution is 2.19. The van der Waals surface area contributed by atoms with Crippen LogP contribution < -0.4 is 5.32 Å². The minimum atomic E-state index is -0.134. The molecule has 0 fully saturated rings. The lowest BCUT2D eigenvalue weighted by molar-refractivity contribution is -0.113. The van der Waals surface area contributed by atoms with Crippen LogP contribution in [0.15, 0.2) is 71.2 Å². The van der Waals surface area contributed by atoms with Crippen molar-refractivity contribution in [3.8, 4) is 0 Å². The summed E-state index contributed by atoms with van der Waals surface area (Å²) in [5, 5.41) is 11.6. The van der Waals surface area contributed by atoms with Crippen molar-refractivity contribution >= 4 is 45.0 Å². The maximum atomic E-state index is 12.2. The molecule has 1 aromatic heterocycles. The lowest BCUT2D eigenvalue weighted by Crippen LogP contribution is -2.25. The third kappa shape index (κ3) is 6.19. The number of carbonyl (C=O) groups excluding carboxylic acids is 1. The largest absolute Gasteiger partial charge is 0.350 e. The third-order valence-electron chi connectivity index (χ3n) is 3.51. The van der Waals surface area contributed by atoms with E-state index in [0.29, 0.717) is 11.7 Å². The number of carbonyl (C=O) groups is 1. The molecule has 1 heterocycles. The van der Waals surface area contributed by atoms with Crippen molar-refractivity contribution in [3.05, 3.63) is 71.7 Å². The molecule has 8 heteroatoms. The molecular formula is C19H19N5OS2. The number of hydrogen-bond acceptors (Lipinski definition) is 6. The second kappa shape index (κ2) is 9.84. The number of amides is 1. The summed E-state index contributed by atoms with van der Waals surface area (Å²) in [6, 6.07) is 19.9. The van der Waals surface area contributed by atoms with Gasteiger partial charge in [0.25, 0.3) is 0 Å². The molecule has 27 heavy (non-hydrogen) atoms. The van der Waals surface area contributed by atoms with E-state index in [9.17, 15) is 4.79 Å². The fraction of sp³-hybridized carbons (Fsp3) is 0.158. The minimum absolute atomic E-state index is 0.134. The lowest BCUT2D eigenvalue weighted by atomic mass is 10.2. The Morgan fingerprint density at radius 1 is 1.15 bits per heavy atom. The van der Waals surface area contributed by atoms with E-state index in [1.807, 2.05) is 60.5 Å². The number of aromatic nitrogens is 2. The number of rotatable bonds is 6.